The van der Waals surface area contributed by atoms with E-state index in [9.17, 15) is 14.7 Å². The highest BCUT2D eigenvalue weighted by molar-refractivity contribution is 8.00. The van der Waals surface area contributed by atoms with Crippen LogP contribution in [-0.2, 0) is 9.59 Å². The molecule has 25 heavy (non-hydrogen) atoms. The maximum absolute atomic E-state index is 12.4. The molecule has 0 saturated carbocycles. The van der Waals surface area contributed by atoms with E-state index in [1.54, 1.807) is 4.90 Å². The number of carbonyl (C=O) groups is 2. The quantitative estimate of drug-likeness (QED) is 0.740. The van der Waals surface area contributed by atoms with Crippen LogP contribution in [-0.4, -0.2) is 56.2 Å². The number of aromatic amines is 1. The number of carbonyl (C=O) groups excluding carboxylic acids is 2. The number of aromatic nitrogens is 2. The van der Waals surface area contributed by atoms with Crippen molar-refractivity contribution in [2.45, 2.75) is 30.6 Å². The molecule has 1 aromatic carbocycles. The number of fused-ring (bicyclic) bond motifs is 1. The number of primary amides is 1. The van der Waals surface area contributed by atoms with Crippen LogP contribution in [0.15, 0.2) is 24.3 Å². The smallest absolute Gasteiger partial charge is 0.249 e. The number of thioether (sulfide) groups is 1. The summed E-state index contributed by atoms with van der Waals surface area (Å²) in [7, 11) is 0. The summed E-state index contributed by atoms with van der Waals surface area (Å²) in [6.45, 7) is 2.70. The van der Waals surface area contributed by atoms with E-state index in [2.05, 4.69) is 9.97 Å². The molecule has 0 radical (unpaired) electrons. The van der Waals surface area contributed by atoms with Crippen molar-refractivity contribution in [3.05, 3.63) is 30.1 Å². The third-order valence-electron chi connectivity index (χ3n) is 4.65. The third kappa shape index (κ3) is 3.80. The highest BCUT2D eigenvalue weighted by Gasteiger charge is 2.38. The molecule has 1 fully saturated rings. The number of amides is 2. The molecule has 1 aliphatic heterocycles. The average Bonchev–Trinajstić information content (AvgIpc) is 3.04. The summed E-state index contributed by atoms with van der Waals surface area (Å²) in [6.07, 6.45) is 0.385. The minimum absolute atomic E-state index is 0.000480. The van der Waals surface area contributed by atoms with Crippen LogP contribution in [0.2, 0.25) is 0 Å². The van der Waals surface area contributed by atoms with Gasteiger partial charge >= 0.3 is 0 Å². The van der Waals surface area contributed by atoms with Crippen LogP contribution in [0.3, 0.4) is 0 Å². The van der Waals surface area contributed by atoms with Gasteiger partial charge in [-0.2, -0.15) is 0 Å². The fraction of sp³-hybridized carbons (Fsp3) is 0.471. The number of nitrogens with one attached hydrogen (secondary N) is 1. The van der Waals surface area contributed by atoms with E-state index in [0.717, 1.165) is 16.9 Å². The lowest BCUT2D eigenvalue weighted by atomic mass is 9.91. The first kappa shape index (κ1) is 17.8. The lowest BCUT2D eigenvalue weighted by Gasteiger charge is -2.36. The summed E-state index contributed by atoms with van der Waals surface area (Å²) < 4.78 is 0. The van der Waals surface area contributed by atoms with E-state index < -0.39 is 11.5 Å². The maximum Gasteiger partial charge on any atom is 0.249 e. The molecule has 0 aliphatic carbocycles. The number of hydrogen-bond donors (Lipinski definition) is 3. The molecule has 2 amide bonds. The highest BCUT2D eigenvalue weighted by Crippen LogP contribution is 2.29. The minimum atomic E-state index is -1.48. The summed E-state index contributed by atoms with van der Waals surface area (Å²) in [5, 5.41) is 10.1. The molecular formula is C17H22N4O3S. The van der Waals surface area contributed by atoms with E-state index in [4.69, 9.17) is 5.73 Å². The van der Waals surface area contributed by atoms with Gasteiger partial charge in [-0.1, -0.05) is 12.1 Å². The molecule has 7 nitrogen and oxygen atoms in total. The lowest BCUT2D eigenvalue weighted by Crippen LogP contribution is -2.53. The molecule has 3 rings (SSSR count). The van der Waals surface area contributed by atoms with Crippen LogP contribution in [0.5, 0.6) is 0 Å². The molecule has 1 saturated heterocycles. The number of piperidine rings is 1. The number of nitrogens with two attached hydrogens (primary N) is 1. The van der Waals surface area contributed by atoms with Crippen molar-refractivity contribution in [3.63, 3.8) is 0 Å². The summed E-state index contributed by atoms with van der Waals surface area (Å²) in [5.74, 6) is 0.459. The van der Waals surface area contributed by atoms with Crippen LogP contribution in [0.4, 0.5) is 0 Å². The van der Waals surface area contributed by atoms with Crippen molar-refractivity contribution in [2.75, 3.05) is 18.8 Å². The maximum atomic E-state index is 12.4. The molecule has 4 N–H and O–H groups in total. The Kier molecular flexibility index (Phi) is 5.01. The Morgan fingerprint density at radius 1 is 1.40 bits per heavy atom. The molecular weight excluding hydrogens is 340 g/mol. The second kappa shape index (κ2) is 7.05. The Labute approximate surface area is 150 Å². The van der Waals surface area contributed by atoms with Crippen molar-refractivity contribution in [1.82, 2.24) is 14.9 Å². The van der Waals surface area contributed by atoms with Gasteiger partial charge in [-0.15, -0.1) is 11.8 Å². The van der Waals surface area contributed by atoms with E-state index in [1.807, 2.05) is 31.2 Å². The zero-order chi connectivity index (χ0) is 18.0. The summed E-state index contributed by atoms with van der Waals surface area (Å²) in [6, 6.07) is 7.82. The van der Waals surface area contributed by atoms with Crippen LogP contribution in [0.1, 0.15) is 30.8 Å². The van der Waals surface area contributed by atoms with Gasteiger partial charge in [0.25, 0.3) is 0 Å². The number of nitrogens with zero attached hydrogens (tertiary/aromatic N) is 2. The van der Waals surface area contributed by atoms with Gasteiger partial charge in [0.2, 0.25) is 11.8 Å². The first-order chi connectivity index (χ1) is 11.9. The summed E-state index contributed by atoms with van der Waals surface area (Å²) in [5.41, 5.74) is 5.63. The van der Waals surface area contributed by atoms with Crippen LogP contribution in [0, 0.1) is 0 Å². The largest absolute Gasteiger partial charge is 0.380 e. The van der Waals surface area contributed by atoms with Gasteiger partial charge < -0.3 is 20.7 Å². The Morgan fingerprint density at radius 2 is 2.08 bits per heavy atom. The van der Waals surface area contributed by atoms with Crippen molar-refractivity contribution in [3.8, 4) is 0 Å². The average molecular weight is 362 g/mol. The van der Waals surface area contributed by atoms with Crippen LogP contribution < -0.4 is 5.73 Å². The Morgan fingerprint density at radius 3 is 2.72 bits per heavy atom. The number of benzene rings is 1. The van der Waals surface area contributed by atoms with Crippen molar-refractivity contribution in [2.24, 2.45) is 5.73 Å². The van der Waals surface area contributed by atoms with E-state index >= 15 is 0 Å². The molecule has 0 spiro atoms. The number of imidazole rings is 1. The number of aliphatic hydroxyl groups is 1. The first-order valence-electron chi connectivity index (χ1n) is 8.25. The second-order valence-corrected chi connectivity index (χ2v) is 7.70. The fourth-order valence-corrected chi connectivity index (χ4v) is 3.75. The second-order valence-electron chi connectivity index (χ2n) is 6.37. The third-order valence-corrected chi connectivity index (χ3v) is 5.79. The van der Waals surface area contributed by atoms with Gasteiger partial charge in [0.1, 0.15) is 11.4 Å². The first-order valence-corrected chi connectivity index (χ1v) is 9.30. The summed E-state index contributed by atoms with van der Waals surface area (Å²) >= 11 is 1.51. The molecule has 134 valence electrons. The molecule has 2 heterocycles. The minimum Gasteiger partial charge on any atom is -0.380 e. The Balaban J connectivity index is 1.53. The van der Waals surface area contributed by atoms with Gasteiger partial charge in [-0.3, -0.25) is 9.59 Å². The van der Waals surface area contributed by atoms with E-state index in [1.165, 1.54) is 11.8 Å². The van der Waals surface area contributed by atoms with Crippen LogP contribution in [0.25, 0.3) is 11.0 Å². The molecule has 0 bridgehead atoms. The van der Waals surface area contributed by atoms with Gasteiger partial charge in [-0.05, 0) is 19.1 Å². The van der Waals surface area contributed by atoms with E-state index in [0.29, 0.717) is 18.8 Å². The normalized spacial score (nSPS) is 18.2. The predicted molar refractivity (Wildman–Crippen MR) is 96.9 cm³/mol. The Bertz CT molecular complexity index is 750. The standard InChI is InChI=1S/C17H22N4O3S/c1-11(15-19-12-4-2-3-5-13(12)20-15)25-10-14(22)21-8-6-17(24,7-9-21)16(18)23/h2-5,11,24H,6-10H2,1H3,(H2,18,23)(H,19,20). The number of rotatable bonds is 5. The number of likely N-dealkylation sites (tertiary alicyclic amines) is 1. The Hall–Kier alpha value is -2.06. The topological polar surface area (TPSA) is 112 Å². The molecule has 8 heteroatoms. The van der Waals surface area contributed by atoms with E-state index in [-0.39, 0.29) is 24.0 Å². The van der Waals surface area contributed by atoms with Crippen molar-refractivity contribution in [1.29, 1.82) is 0 Å². The predicted octanol–water partition coefficient (Wildman–Crippen LogP) is 1.20. The van der Waals surface area contributed by atoms with Gasteiger partial charge in [-0.25, -0.2) is 4.98 Å². The number of hydrogen-bond acceptors (Lipinski definition) is 5. The molecule has 1 aliphatic rings. The number of H-pyrrole nitrogens is 1. The van der Waals surface area contributed by atoms with Crippen molar-refractivity contribution >= 4 is 34.6 Å². The highest BCUT2D eigenvalue weighted by atomic mass is 32.2. The molecule has 1 aromatic heterocycles. The molecule has 1 atom stereocenters. The zero-order valence-electron chi connectivity index (χ0n) is 14.1. The SMILES string of the molecule is CC(SCC(=O)N1CCC(O)(C(N)=O)CC1)c1nc2ccccc2[nH]1. The number of para-hydroxylation sites is 2. The fourth-order valence-electron chi connectivity index (χ4n) is 2.90. The zero-order valence-corrected chi connectivity index (χ0v) is 14.9. The van der Waals surface area contributed by atoms with Gasteiger partial charge in [0.15, 0.2) is 0 Å². The molecule has 1 unspecified atom stereocenters. The monoisotopic (exact) mass is 362 g/mol. The van der Waals surface area contributed by atoms with Crippen LogP contribution >= 0.6 is 11.8 Å². The lowest BCUT2D eigenvalue weighted by molar-refractivity contribution is -0.145. The summed E-state index contributed by atoms with van der Waals surface area (Å²) in [4.78, 5) is 33.1. The van der Waals surface area contributed by atoms with Crippen molar-refractivity contribution < 1.29 is 14.7 Å². The van der Waals surface area contributed by atoms with Gasteiger partial charge in [0, 0.05) is 25.9 Å². The molecule has 2 aromatic rings. The van der Waals surface area contributed by atoms with Gasteiger partial charge in [0.05, 0.1) is 22.0 Å².